The molecule has 0 saturated carbocycles. The van der Waals surface area contributed by atoms with E-state index < -0.39 is 0 Å². The number of aryl methyl sites for hydroxylation is 1. The van der Waals surface area contributed by atoms with E-state index in [9.17, 15) is 0 Å². The number of halogens is 1. The zero-order valence-corrected chi connectivity index (χ0v) is 8.73. The lowest BCUT2D eigenvalue weighted by atomic mass is 9.88. The van der Waals surface area contributed by atoms with Crippen LogP contribution in [0.3, 0.4) is 0 Å². The average molecular weight is 230 g/mol. The first-order valence-corrected chi connectivity index (χ1v) is 5.45. The Bertz CT molecular complexity index is 269. The summed E-state index contributed by atoms with van der Waals surface area (Å²) in [7, 11) is 0. The second kappa shape index (κ2) is 3.21. The largest absolute Gasteiger partial charge is 0.361 e. The Hall–Kier alpha value is -0.310. The summed E-state index contributed by atoms with van der Waals surface area (Å²) in [6, 6.07) is 0. The fourth-order valence-electron chi connectivity index (χ4n) is 1.74. The molecular weight excluding hydrogens is 218 g/mol. The van der Waals surface area contributed by atoms with E-state index in [1.807, 2.05) is 0 Å². The fraction of sp³-hybridized carbons (Fsp3) is 0.667. The Morgan fingerprint density at radius 2 is 2.50 bits per heavy atom. The van der Waals surface area contributed by atoms with Gasteiger partial charge >= 0.3 is 0 Å². The third-order valence-electron chi connectivity index (χ3n) is 2.49. The number of rotatable bonds is 1. The third kappa shape index (κ3) is 1.30. The van der Waals surface area contributed by atoms with E-state index in [0.29, 0.717) is 0 Å². The Balaban J connectivity index is 2.34. The van der Waals surface area contributed by atoms with Gasteiger partial charge in [-0.15, -0.1) is 0 Å². The van der Waals surface area contributed by atoms with Crippen LogP contribution >= 0.6 is 15.9 Å². The number of fused-ring (bicyclic) bond motifs is 1. The first-order valence-electron chi connectivity index (χ1n) is 4.33. The van der Waals surface area contributed by atoms with Gasteiger partial charge in [0.2, 0.25) is 0 Å². The molecule has 1 heterocycles. The van der Waals surface area contributed by atoms with Crippen molar-refractivity contribution in [2.75, 3.05) is 0 Å². The molecule has 0 aromatic carbocycles. The summed E-state index contributed by atoms with van der Waals surface area (Å²) in [5, 5.41) is 4.85. The van der Waals surface area contributed by atoms with Crippen molar-refractivity contribution in [2.24, 2.45) is 5.92 Å². The minimum Gasteiger partial charge on any atom is -0.361 e. The monoisotopic (exact) mass is 229 g/mol. The van der Waals surface area contributed by atoms with E-state index in [2.05, 4.69) is 28.0 Å². The summed E-state index contributed by atoms with van der Waals surface area (Å²) < 4.78 is 5.25. The fourth-order valence-corrected chi connectivity index (χ4v) is 2.18. The molecule has 12 heavy (non-hydrogen) atoms. The van der Waals surface area contributed by atoms with E-state index in [1.165, 1.54) is 12.0 Å². The smallest absolute Gasteiger partial charge is 0.140 e. The predicted octanol–water partition coefficient (Wildman–Crippen LogP) is 2.69. The van der Waals surface area contributed by atoms with Crippen molar-refractivity contribution in [1.29, 1.82) is 0 Å². The van der Waals surface area contributed by atoms with Gasteiger partial charge in [-0.2, -0.15) is 0 Å². The number of nitrogens with zero attached hydrogens (tertiary/aromatic N) is 1. The lowest BCUT2D eigenvalue weighted by molar-refractivity contribution is 0.354. The number of hydrogen-bond donors (Lipinski definition) is 0. The Kier molecular flexibility index (Phi) is 2.22. The third-order valence-corrected chi connectivity index (χ3v) is 3.03. The molecular formula is C9H12BrNO. The molecule has 0 aliphatic heterocycles. The normalized spacial score (nSPS) is 22.3. The van der Waals surface area contributed by atoms with Crippen LogP contribution in [0.15, 0.2) is 4.52 Å². The number of hydrogen-bond acceptors (Lipinski definition) is 2. The first-order chi connectivity index (χ1) is 5.81. The second-order valence-corrected chi connectivity index (χ2v) is 4.07. The van der Waals surface area contributed by atoms with Gasteiger partial charge in [-0.25, -0.2) is 0 Å². The molecule has 2 rings (SSSR count). The highest BCUT2D eigenvalue weighted by Crippen LogP contribution is 2.28. The van der Waals surface area contributed by atoms with E-state index in [-0.39, 0.29) is 0 Å². The van der Waals surface area contributed by atoms with Gasteiger partial charge in [0.05, 0.1) is 5.69 Å². The van der Waals surface area contributed by atoms with Crippen LogP contribution in [-0.4, -0.2) is 5.16 Å². The van der Waals surface area contributed by atoms with Crippen LogP contribution in [-0.2, 0) is 18.2 Å². The second-order valence-electron chi connectivity index (χ2n) is 3.51. The van der Waals surface area contributed by atoms with E-state index in [1.54, 1.807) is 0 Å². The Morgan fingerprint density at radius 1 is 1.67 bits per heavy atom. The van der Waals surface area contributed by atoms with Crippen molar-refractivity contribution in [3.8, 4) is 0 Å². The summed E-state index contributed by atoms with van der Waals surface area (Å²) in [6.07, 6.45) is 3.44. The van der Waals surface area contributed by atoms with E-state index in [4.69, 9.17) is 4.52 Å². The zero-order valence-electron chi connectivity index (χ0n) is 7.14. The molecule has 0 bridgehead atoms. The maximum Gasteiger partial charge on any atom is 0.140 e. The molecule has 0 saturated heterocycles. The molecule has 0 spiro atoms. The molecule has 1 aliphatic carbocycles. The minimum atomic E-state index is 0.787. The van der Waals surface area contributed by atoms with Gasteiger partial charge in [-0.1, -0.05) is 28.0 Å². The van der Waals surface area contributed by atoms with Crippen LogP contribution in [0.4, 0.5) is 0 Å². The molecule has 0 amide bonds. The highest BCUT2D eigenvalue weighted by atomic mass is 79.9. The highest BCUT2D eigenvalue weighted by Gasteiger charge is 2.22. The maximum absolute atomic E-state index is 5.25. The maximum atomic E-state index is 5.25. The average Bonchev–Trinajstić information content (AvgIpc) is 2.46. The van der Waals surface area contributed by atoms with Crippen molar-refractivity contribution in [3.63, 3.8) is 0 Å². The van der Waals surface area contributed by atoms with Crippen LogP contribution in [0.1, 0.15) is 30.4 Å². The van der Waals surface area contributed by atoms with E-state index in [0.717, 1.165) is 35.5 Å². The molecule has 1 aromatic heterocycles. The molecule has 0 fully saturated rings. The van der Waals surface area contributed by atoms with Gasteiger partial charge in [0.25, 0.3) is 0 Å². The molecule has 3 heteroatoms. The van der Waals surface area contributed by atoms with Crippen LogP contribution in [0.5, 0.6) is 0 Å². The molecule has 0 radical (unpaired) electrons. The number of alkyl halides is 1. The Morgan fingerprint density at radius 3 is 3.25 bits per heavy atom. The highest BCUT2D eigenvalue weighted by molar-refractivity contribution is 9.08. The van der Waals surface area contributed by atoms with Gasteiger partial charge in [-0.3, -0.25) is 0 Å². The van der Waals surface area contributed by atoms with Gasteiger partial charge < -0.3 is 4.52 Å². The lowest BCUT2D eigenvalue weighted by Gasteiger charge is -2.16. The predicted molar refractivity (Wildman–Crippen MR) is 50.3 cm³/mol. The summed E-state index contributed by atoms with van der Waals surface area (Å²) in [4.78, 5) is 0. The van der Waals surface area contributed by atoms with Gasteiger partial charge in [0.15, 0.2) is 0 Å². The standard InChI is InChI=1S/C9H12BrNO/c1-6-2-3-9-7(4-6)8(5-10)11-12-9/h6H,2-5H2,1H3. The SMILES string of the molecule is CC1CCc2onc(CBr)c2C1. The minimum absolute atomic E-state index is 0.787. The van der Waals surface area contributed by atoms with Gasteiger partial charge in [0, 0.05) is 17.3 Å². The summed E-state index contributed by atoms with van der Waals surface area (Å²) >= 11 is 3.41. The van der Waals surface area contributed by atoms with Crippen molar-refractivity contribution >= 4 is 15.9 Å². The molecule has 2 nitrogen and oxygen atoms in total. The topological polar surface area (TPSA) is 26.0 Å². The molecule has 0 N–H and O–H groups in total. The number of aromatic nitrogens is 1. The summed E-state index contributed by atoms with van der Waals surface area (Å²) in [6.45, 7) is 2.29. The lowest BCUT2D eigenvalue weighted by Crippen LogP contribution is -2.10. The molecule has 1 aliphatic rings. The van der Waals surface area contributed by atoms with E-state index >= 15 is 0 Å². The van der Waals surface area contributed by atoms with Crippen LogP contribution in [0.2, 0.25) is 0 Å². The summed E-state index contributed by atoms with van der Waals surface area (Å²) in [5.41, 5.74) is 2.45. The van der Waals surface area contributed by atoms with Crippen LogP contribution in [0.25, 0.3) is 0 Å². The van der Waals surface area contributed by atoms with Crippen molar-refractivity contribution in [1.82, 2.24) is 5.16 Å². The van der Waals surface area contributed by atoms with Crippen LogP contribution < -0.4 is 0 Å². The van der Waals surface area contributed by atoms with Crippen molar-refractivity contribution < 1.29 is 4.52 Å². The van der Waals surface area contributed by atoms with Gasteiger partial charge in [-0.05, 0) is 18.8 Å². The van der Waals surface area contributed by atoms with Crippen LogP contribution in [0, 0.1) is 5.92 Å². The molecule has 1 atom stereocenters. The molecule has 66 valence electrons. The quantitative estimate of drug-likeness (QED) is 0.693. The first kappa shape index (κ1) is 8.30. The van der Waals surface area contributed by atoms with Crippen molar-refractivity contribution in [2.45, 2.75) is 31.5 Å². The van der Waals surface area contributed by atoms with Gasteiger partial charge in [0.1, 0.15) is 5.76 Å². The van der Waals surface area contributed by atoms with Crippen molar-refractivity contribution in [3.05, 3.63) is 17.0 Å². The molecule has 1 unspecified atom stereocenters. The zero-order chi connectivity index (χ0) is 8.55. The Labute approximate surface area is 80.4 Å². The summed E-state index contributed by atoms with van der Waals surface area (Å²) in [5.74, 6) is 1.90. The molecule has 1 aromatic rings.